The van der Waals surface area contributed by atoms with Gasteiger partial charge in [-0.15, -0.1) is 0 Å². The molecule has 0 fully saturated rings. The molecule has 0 saturated carbocycles. The van der Waals surface area contributed by atoms with E-state index in [0.717, 1.165) is 6.07 Å². The lowest BCUT2D eigenvalue weighted by atomic mass is 10.0. The van der Waals surface area contributed by atoms with Gasteiger partial charge in [0.2, 0.25) is 0 Å². The van der Waals surface area contributed by atoms with Crippen molar-refractivity contribution in [3.05, 3.63) is 23.5 Å². The average Bonchev–Trinajstić information content (AvgIpc) is 2.20. The number of hydrogen-bond donors (Lipinski definition) is 3. The highest BCUT2D eigenvalue weighted by Crippen LogP contribution is 2.32. The first-order valence-electron chi connectivity index (χ1n) is 4.49. The van der Waals surface area contributed by atoms with Crippen molar-refractivity contribution in [2.45, 2.75) is 12.5 Å². The van der Waals surface area contributed by atoms with Gasteiger partial charge in [-0.1, -0.05) is 0 Å². The van der Waals surface area contributed by atoms with Crippen LogP contribution in [0.5, 0.6) is 11.5 Å². The number of aromatic hydroxyl groups is 1. The molecule has 0 radical (unpaired) electrons. The van der Waals surface area contributed by atoms with Gasteiger partial charge in [-0.2, -0.15) is 0 Å². The van der Waals surface area contributed by atoms with E-state index in [0.29, 0.717) is 0 Å². The molecule has 0 heterocycles. The van der Waals surface area contributed by atoms with Gasteiger partial charge in [0.05, 0.1) is 13.5 Å². The van der Waals surface area contributed by atoms with Crippen LogP contribution < -0.4 is 10.5 Å². The van der Waals surface area contributed by atoms with Crippen molar-refractivity contribution in [2.24, 2.45) is 5.73 Å². The molecule has 1 unspecified atom stereocenters. The SMILES string of the molecule is COc1cc(C(N)CC(=O)O)cc(F)c1O. The summed E-state index contributed by atoms with van der Waals surface area (Å²) in [5.41, 5.74) is 5.81. The third kappa shape index (κ3) is 2.60. The Balaban J connectivity index is 3.05. The van der Waals surface area contributed by atoms with E-state index in [1.165, 1.54) is 13.2 Å². The highest BCUT2D eigenvalue weighted by atomic mass is 19.1. The van der Waals surface area contributed by atoms with Crippen LogP contribution in [0.2, 0.25) is 0 Å². The second-order valence-corrected chi connectivity index (χ2v) is 3.26. The smallest absolute Gasteiger partial charge is 0.305 e. The number of carbonyl (C=O) groups is 1. The van der Waals surface area contributed by atoms with Gasteiger partial charge in [0.25, 0.3) is 0 Å². The minimum absolute atomic E-state index is 0.0733. The number of hydrogen-bond acceptors (Lipinski definition) is 4. The maximum absolute atomic E-state index is 13.2. The maximum Gasteiger partial charge on any atom is 0.305 e. The summed E-state index contributed by atoms with van der Waals surface area (Å²) < 4.78 is 17.9. The number of phenols is 1. The molecule has 1 aromatic carbocycles. The molecular weight excluding hydrogens is 217 g/mol. The quantitative estimate of drug-likeness (QED) is 0.716. The molecule has 0 spiro atoms. The molecule has 88 valence electrons. The highest BCUT2D eigenvalue weighted by molar-refractivity contribution is 5.68. The molecule has 0 aliphatic carbocycles. The minimum Gasteiger partial charge on any atom is -0.502 e. The van der Waals surface area contributed by atoms with E-state index in [4.69, 9.17) is 15.6 Å². The number of phenolic OH excluding ortho intramolecular Hbond substituents is 1. The van der Waals surface area contributed by atoms with Gasteiger partial charge in [-0.25, -0.2) is 4.39 Å². The van der Waals surface area contributed by atoms with Gasteiger partial charge in [0.1, 0.15) is 0 Å². The van der Waals surface area contributed by atoms with Crippen LogP contribution in [0.15, 0.2) is 12.1 Å². The lowest BCUT2D eigenvalue weighted by Crippen LogP contribution is -2.15. The molecule has 1 atom stereocenters. The van der Waals surface area contributed by atoms with Crippen molar-refractivity contribution in [3.63, 3.8) is 0 Å². The average molecular weight is 229 g/mol. The Bertz CT molecular complexity index is 408. The number of methoxy groups -OCH3 is 1. The van der Waals surface area contributed by atoms with Gasteiger partial charge in [-0.3, -0.25) is 4.79 Å². The van der Waals surface area contributed by atoms with Crippen LogP contribution in [-0.4, -0.2) is 23.3 Å². The number of benzene rings is 1. The zero-order chi connectivity index (χ0) is 12.3. The van der Waals surface area contributed by atoms with E-state index >= 15 is 0 Å². The summed E-state index contributed by atoms with van der Waals surface area (Å²) in [5.74, 6) is -2.67. The lowest BCUT2D eigenvalue weighted by Gasteiger charge is -2.12. The Morgan fingerprint density at radius 2 is 2.25 bits per heavy atom. The number of aliphatic carboxylic acids is 1. The van der Waals surface area contributed by atoms with Crippen LogP contribution in [0.1, 0.15) is 18.0 Å². The lowest BCUT2D eigenvalue weighted by molar-refractivity contribution is -0.137. The van der Waals surface area contributed by atoms with Crippen molar-refractivity contribution in [3.8, 4) is 11.5 Å². The topological polar surface area (TPSA) is 92.8 Å². The standard InChI is InChI=1S/C10H12FNO4/c1-16-8-3-5(2-6(11)10(8)15)7(12)4-9(13)14/h2-3,7,15H,4,12H2,1H3,(H,13,14). The monoisotopic (exact) mass is 229 g/mol. The van der Waals surface area contributed by atoms with Crippen LogP contribution in [0.4, 0.5) is 4.39 Å². The fourth-order valence-electron chi connectivity index (χ4n) is 1.27. The fourth-order valence-corrected chi connectivity index (χ4v) is 1.27. The second-order valence-electron chi connectivity index (χ2n) is 3.26. The van der Waals surface area contributed by atoms with Crippen molar-refractivity contribution < 1.29 is 24.1 Å². The number of rotatable bonds is 4. The van der Waals surface area contributed by atoms with Crippen molar-refractivity contribution in [1.29, 1.82) is 0 Å². The number of halogens is 1. The molecule has 0 aliphatic heterocycles. The predicted molar refractivity (Wildman–Crippen MR) is 53.8 cm³/mol. The summed E-state index contributed by atoms with van der Waals surface area (Å²) >= 11 is 0. The summed E-state index contributed by atoms with van der Waals surface area (Å²) in [7, 11) is 1.26. The molecule has 0 aromatic heterocycles. The summed E-state index contributed by atoms with van der Waals surface area (Å²) in [6.07, 6.45) is -0.326. The summed E-state index contributed by atoms with van der Waals surface area (Å²) in [6.45, 7) is 0. The Morgan fingerprint density at radius 1 is 1.62 bits per heavy atom. The van der Waals surface area contributed by atoms with Gasteiger partial charge in [-0.05, 0) is 17.7 Å². The molecule has 4 N–H and O–H groups in total. The maximum atomic E-state index is 13.2. The van der Waals surface area contributed by atoms with Crippen LogP contribution in [-0.2, 0) is 4.79 Å². The molecule has 5 nitrogen and oxygen atoms in total. The van der Waals surface area contributed by atoms with Crippen LogP contribution >= 0.6 is 0 Å². The third-order valence-electron chi connectivity index (χ3n) is 2.09. The number of ether oxygens (including phenoxy) is 1. The Morgan fingerprint density at radius 3 is 2.75 bits per heavy atom. The third-order valence-corrected chi connectivity index (χ3v) is 2.09. The Kier molecular flexibility index (Phi) is 3.68. The molecule has 16 heavy (non-hydrogen) atoms. The fraction of sp³-hybridized carbons (Fsp3) is 0.300. The number of carboxylic acids is 1. The van der Waals surface area contributed by atoms with Crippen LogP contribution in [0, 0.1) is 5.82 Å². The van der Waals surface area contributed by atoms with Crippen LogP contribution in [0.3, 0.4) is 0 Å². The Hall–Kier alpha value is -1.82. The molecule has 0 bridgehead atoms. The zero-order valence-electron chi connectivity index (χ0n) is 8.61. The van der Waals surface area contributed by atoms with E-state index in [2.05, 4.69) is 0 Å². The molecule has 1 aromatic rings. The molecular formula is C10H12FNO4. The summed E-state index contributed by atoms with van der Waals surface area (Å²) in [5, 5.41) is 17.8. The zero-order valence-corrected chi connectivity index (χ0v) is 8.61. The van der Waals surface area contributed by atoms with E-state index < -0.39 is 23.6 Å². The van der Waals surface area contributed by atoms with Gasteiger partial charge in [0.15, 0.2) is 17.3 Å². The van der Waals surface area contributed by atoms with Gasteiger partial charge in [0, 0.05) is 6.04 Å². The molecule has 6 heteroatoms. The molecule has 0 amide bonds. The van der Waals surface area contributed by atoms with Crippen LogP contribution in [0.25, 0.3) is 0 Å². The molecule has 0 aliphatic rings. The summed E-state index contributed by atoms with van der Waals surface area (Å²) in [6, 6.07) is 1.46. The predicted octanol–water partition coefficient (Wildman–Crippen LogP) is 1.01. The molecule has 0 saturated heterocycles. The van der Waals surface area contributed by atoms with Crippen molar-refractivity contribution in [2.75, 3.05) is 7.11 Å². The number of nitrogens with two attached hydrogens (primary N) is 1. The van der Waals surface area contributed by atoms with E-state index in [1.807, 2.05) is 0 Å². The normalized spacial score (nSPS) is 12.2. The number of carboxylic acid groups (broad SMARTS) is 1. The van der Waals surface area contributed by atoms with E-state index in [-0.39, 0.29) is 17.7 Å². The van der Waals surface area contributed by atoms with Gasteiger partial charge < -0.3 is 20.7 Å². The van der Waals surface area contributed by atoms with Crippen molar-refractivity contribution in [1.82, 2.24) is 0 Å². The van der Waals surface area contributed by atoms with E-state index in [1.54, 1.807) is 0 Å². The first kappa shape index (κ1) is 12.3. The molecule has 1 rings (SSSR count). The Labute approximate surface area is 91.3 Å². The first-order valence-corrected chi connectivity index (χ1v) is 4.49. The largest absolute Gasteiger partial charge is 0.502 e. The minimum atomic E-state index is -1.08. The van der Waals surface area contributed by atoms with E-state index in [9.17, 15) is 14.3 Å². The first-order chi connectivity index (χ1) is 7.45. The summed E-state index contributed by atoms with van der Waals surface area (Å²) in [4.78, 5) is 10.4. The van der Waals surface area contributed by atoms with Gasteiger partial charge >= 0.3 is 5.97 Å². The van der Waals surface area contributed by atoms with Crippen molar-refractivity contribution >= 4 is 5.97 Å². The second kappa shape index (κ2) is 4.80. The highest BCUT2D eigenvalue weighted by Gasteiger charge is 2.16.